The van der Waals surface area contributed by atoms with Gasteiger partial charge in [-0.2, -0.15) is 0 Å². The molecule has 0 radical (unpaired) electrons. The fourth-order valence-corrected chi connectivity index (χ4v) is 2.56. The molecule has 1 aliphatic heterocycles. The molecule has 2 rings (SSSR count). The van der Waals surface area contributed by atoms with E-state index in [-0.39, 0.29) is 18.6 Å². The van der Waals surface area contributed by atoms with E-state index in [0.29, 0.717) is 6.04 Å². The summed E-state index contributed by atoms with van der Waals surface area (Å²) < 4.78 is 5.37. The van der Waals surface area contributed by atoms with E-state index in [1.165, 1.54) is 12.8 Å². The molecule has 1 saturated carbocycles. The summed E-state index contributed by atoms with van der Waals surface area (Å²) in [5, 5.41) is 18.7. The van der Waals surface area contributed by atoms with Gasteiger partial charge in [-0.3, -0.25) is 4.90 Å². The van der Waals surface area contributed by atoms with Crippen LogP contribution in [0.15, 0.2) is 0 Å². The van der Waals surface area contributed by atoms with E-state index in [4.69, 9.17) is 9.84 Å². The van der Waals surface area contributed by atoms with Crippen molar-refractivity contribution in [2.75, 3.05) is 39.5 Å². The largest absolute Gasteiger partial charge is 0.396 e. The molecule has 0 unspecified atom stereocenters. The van der Waals surface area contributed by atoms with Crippen molar-refractivity contribution in [2.45, 2.75) is 31.7 Å². The molecule has 0 aromatic heterocycles. The highest BCUT2D eigenvalue weighted by atomic mass is 16.5. The predicted octanol–water partition coefficient (Wildman–Crippen LogP) is 0.232. The van der Waals surface area contributed by atoms with Gasteiger partial charge in [0.25, 0.3) is 0 Å². The number of aliphatic hydroxyl groups excluding tert-OH is 2. The lowest BCUT2D eigenvalue weighted by Crippen LogP contribution is -2.45. The summed E-state index contributed by atoms with van der Waals surface area (Å²) >= 11 is 0. The Kier molecular flexibility index (Phi) is 4.19. The van der Waals surface area contributed by atoms with Gasteiger partial charge in [-0.25, -0.2) is 0 Å². The van der Waals surface area contributed by atoms with E-state index in [2.05, 4.69) is 4.90 Å². The molecule has 4 nitrogen and oxygen atoms in total. The summed E-state index contributed by atoms with van der Waals surface area (Å²) in [6.45, 7) is 3.64. The fourth-order valence-electron chi connectivity index (χ4n) is 2.56. The highest BCUT2D eigenvalue weighted by Crippen LogP contribution is 2.35. The molecule has 4 heteroatoms. The number of rotatable bonds is 6. The Balaban J connectivity index is 1.91. The summed E-state index contributed by atoms with van der Waals surface area (Å²) in [6.07, 6.45) is 4.38. The van der Waals surface area contributed by atoms with Crippen LogP contribution < -0.4 is 0 Å². The van der Waals surface area contributed by atoms with Crippen molar-refractivity contribution >= 4 is 0 Å². The topological polar surface area (TPSA) is 52.9 Å². The van der Waals surface area contributed by atoms with E-state index in [1.807, 2.05) is 0 Å². The van der Waals surface area contributed by atoms with Gasteiger partial charge in [0, 0.05) is 37.8 Å². The Labute approximate surface area is 97.2 Å². The molecular formula is C12H23NO3. The normalized spacial score (nSPS) is 24.9. The predicted molar refractivity (Wildman–Crippen MR) is 61.3 cm³/mol. The van der Waals surface area contributed by atoms with E-state index in [1.54, 1.807) is 0 Å². The first-order valence-electron chi connectivity index (χ1n) is 6.33. The molecule has 0 aromatic carbocycles. The average molecular weight is 229 g/mol. The molecule has 0 bridgehead atoms. The number of nitrogens with zero attached hydrogens (tertiary/aromatic N) is 1. The van der Waals surface area contributed by atoms with Gasteiger partial charge in [0.05, 0.1) is 13.2 Å². The van der Waals surface area contributed by atoms with Gasteiger partial charge >= 0.3 is 0 Å². The molecule has 2 N–H and O–H groups in total. The number of hydrogen-bond donors (Lipinski definition) is 2. The molecule has 2 fully saturated rings. The number of ether oxygens (including phenoxy) is 1. The standard InChI is InChI=1S/C12H23NO3/c14-6-5-13(11-1-2-11)9-12(10-15)3-7-16-8-4-12/h11,14-15H,1-10H2. The van der Waals surface area contributed by atoms with Crippen molar-refractivity contribution in [1.29, 1.82) is 0 Å². The van der Waals surface area contributed by atoms with Crippen molar-refractivity contribution < 1.29 is 14.9 Å². The summed E-state index contributed by atoms with van der Waals surface area (Å²) in [5.41, 5.74) is 0.00993. The Morgan fingerprint density at radius 3 is 2.38 bits per heavy atom. The van der Waals surface area contributed by atoms with Crippen LogP contribution in [0, 0.1) is 5.41 Å². The maximum Gasteiger partial charge on any atom is 0.0558 e. The molecule has 0 atom stereocenters. The number of hydrogen-bond acceptors (Lipinski definition) is 4. The lowest BCUT2D eigenvalue weighted by Gasteiger charge is -2.39. The zero-order valence-corrected chi connectivity index (χ0v) is 9.90. The van der Waals surface area contributed by atoms with Crippen molar-refractivity contribution in [3.63, 3.8) is 0 Å². The minimum absolute atomic E-state index is 0.00993. The van der Waals surface area contributed by atoms with Gasteiger partial charge in [0.1, 0.15) is 0 Å². The van der Waals surface area contributed by atoms with Crippen molar-refractivity contribution in [2.24, 2.45) is 5.41 Å². The molecule has 1 aliphatic carbocycles. The van der Waals surface area contributed by atoms with Crippen LogP contribution in [0.2, 0.25) is 0 Å². The van der Waals surface area contributed by atoms with Crippen molar-refractivity contribution in [1.82, 2.24) is 4.90 Å². The molecule has 0 spiro atoms. The van der Waals surface area contributed by atoms with Crippen molar-refractivity contribution in [3.8, 4) is 0 Å². The summed E-state index contributed by atoms with van der Waals surface area (Å²) in [5.74, 6) is 0. The molecule has 0 amide bonds. The number of aliphatic hydroxyl groups is 2. The van der Waals surface area contributed by atoms with E-state index in [9.17, 15) is 5.11 Å². The second-order valence-corrected chi connectivity index (χ2v) is 5.20. The van der Waals surface area contributed by atoms with Crippen LogP contribution in [0.5, 0.6) is 0 Å². The van der Waals surface area contributed by atoms with Crippen LogP contribution >= 0.6 is 0 Å². The smallest absolute Gasteiger partial charge is 0.0558 e. The van der Waals surface area contributed by atoms with Gasteiger partial charge in [0.15, 0.2) is 0 Å². The first-order chi connectivity index (χ1) is 7.79. The van der Waals surface area contributed by atoms with Gasteiger partial charge < -0.3 is 14.9 Å². The SMILES string of the molecule is OCCN(CC1(CO)CCOCC1)C1CC1. The molecule has 1 heterocycles. The third kappa shape index (κ3) is 2.94. The van der Waals surface area contributed by atoms with Gasteiger partial charge in [0.2, 0.25) is 0 Å². The minimum Gasteiger partial charge on any atom is -0.396 e. The van der Waals surface area contributed by atoms with Gasteiger partial charge in [-0.1, -0.05) is 0 Å². The van der Waals surface area contributed by atoms with E-state index < -0.39 is 0 Å². The van der Waals surface area contributed by atoms with Crippen LogP contribution in [0.25, 0.3) is 0 Å². The van der Waals surface area contributed by atoms with Crippen LogP contribution in [-0.4, -0.2) is 60.7 Å². The molecule has 94 valence electrons. The second-order valence-electron chi connectivity index (χ2n) is 5.20. The molecule has 2 aliphatic rings. The zero-order valence-electron chi connectivity index (χ0n) is 9.90. The molecule has 0 aromatic rings. The summed E-state index contributed by atoms with van der Waals surface area (Å²) in [4.78, 5) is 2.35. The average Bonchev–Trinajstić information content (AvgIpc) is 3.14. The fraction of sp³-hybridized carbons (Fsp3) is 1.00. The third-order valence-electron chi connectivity index (χ3n) is 3.88. The first kappa shape index (κ1) is 12.3. The highest BCUT2D eigenvalue weighted by Gasteiger charge is 2.38. The van der Waals surface area contributed by atoms with Crippen LogP contribution in [0.1, 0.15) is 25.7 Å². The Morgan fingerprint density at radius 1 is 1.19 bits per heavy atom. The quantitative estimate of drug-likeness (QED) is 0.685. The van der Waals surface area contributed by atoms with Gasteiger partial charge in [-0.15, -0.1) is 0 Å². The van der Waals surface area contributed by atoms with Crippen LogP contribution in [0.3, 0.4) is 0 Å². The molecule has 1 saturated heterocycles. The zero-order chi connectivity index (χ0) is 11.4. The maximum absolute atomic E-state index is 9.62. The van der Waals surface area contributed by atoms with E-state index >= 15 is 0 Å². The summed E-state index contributed by atoms with van der Waals surface area (Å²) in [6, 6.07) is 0.651. The van der Waals surface area contributed by atoms with Crippen LogP contribution in [-0.2, 0) is 4.74 Å². The molecular weight excluding hydrogens is 206 g/mol. The second kappa shape index (κ2) is 5.45. The van der Waals surface area contributed by atoms with E-state index in [0.717, 1.165) is 39.1 Å². The first-order valence-corrected chi connectivity index (χ1v) is 6.33. The van der Waals surface area contributed by atoms with Crippen LogP contribution in [0.4, 0.5) is 0 Å². The monoisotopic (exact) mass is 229 g/mol. The molecule has 16 heavy (non-hydrogen) atoms. The summed E-state index contributed by atoms with van der Waals surface area (Å²) in [7, 11) is 0. The lowest BCUT2D eigenvalue weighted by atomic mass is 9.80. The van der Waals surface area contributed by atoms with Gasteiger partial charge in [-0.05, 0) is 25.7 Å². The van der Waals surface area contributed by atoms with Crippen molar-refractivity contribution in [3.05, 3.63) is 0 Å². The Bertz CT molecular complexity index is 212. The Hall–Kier alpha value is -0.160. The Morgan fingerprint density at radius 2 is 1.88 bits per heavy atom. The lowest BCUT2D eigenvalue weighted by molar-refractivity contribution is -0.0372. The third-order valence-corrected chi connectivity index (χ3v) is 3.88. The minimum atomic E-state index is 0.00993. The maximum atomic E-state index is 9.62. The highest BCUT2D eigenvalue weighted by molar-refractivity contribution is 4.91.